The number of rotatable bonds is 11. The zero-order valence-corrected chi connectivity index (χ0v) is 12.9. The van der Waals surface area contributed by atoms with Gasteiger partial charge < -0.3 is 9.47 Å². The minimum atomic E-state index is -0.472. The Balaban J connectivity index is 2.67. The highest BCUT2D eigenvalue weighted by molar-refractivity contribution is 5.47. The number of nitro groups is 1. The summed E-state index contributed by atoms with van der Waals surface area (Å²) in [5.74, 6) is 0.973. The van der Waals surface area contributed by atoms with E-state index >= 15 is 0 Å². The van der Waals surface area contributed by atoms with E-state index in [0.29, 0.717) is 24.7 Å². The van der Waals surface area contributed by atoms with E-state index in [1.165, 1.54) is 12.1 Å². The standard InChI is InChI=1S/C16H24NO4/c1-3-5-7-11-20-15-10-9-14(17(18)19)13-16(15)21-12-8-6-4-2/h10,13H,3-8,11-12H2,1-2H3. The smallest absolute Gasteiger partial charge is 0.281 e. The number of unbranched alkanes of at least 4 members (excludes halogenated alkanes) is 4. The van der Waals surface area contributed by atoms with Crippen molar-refractivity contribution in [3.8, 4) is 11.5 Å². The number of ether oxygens (including phenoxy) is 2. The van der Waals surface area contributed by atoms with E-state index in [1.807, 2.05) is 0 Å². The molecule has 1 aromatic rings. The first-order valence-corrected chi connectivity index (χ1v) is 7.64. The van der Waals surface area contributed by atoms with E-state index in [9.17, 15) is 10.1 Å². The van der Waals surface area contributed by atoms with Gasteiger partial charge in [0.15, 0.2) is 11.5 Å². The second-order valence-corrected chi connectivity index (χ2v) is 4.92. The third-order valence-electron chi connectivity index (χ3n) is 3.07. The van der Waals surface area contributed by atoms with Gasteiger partial charge in [-0.2, -0.15) is 0 Å². The highest BCUT2D eigenvalue weighted by Crippen LogP contribution is 2.31. The Hall–Kier alpha value is -1.78. The van der Waals surface area contributed by atoms with Crippen molar-refractivity contribution < 1.29 is 14.4 Å². The molecule has 0 N–H and O–H groups in total. The predicted molar refractivity (Wildman–Crippen MR) is 82.0 cm³/mol. The van der Waals surface area contributed by atoms with Gasteiger partial charge in [0.1, 0.15) is 0 Å². The Labute approximate surface area is 126 Å². The van der Waals surface area contributed by atoms with Crippen LogP contribution in [0.3, 0.4) is 0 Å². The summed E-state index contributed by atoms with van der Waals surface area (Å²) in [6.07, 6.45) is 6.29. The summed E-state index contributed by atoms with van der Waals surface area (Å²) in [5, 5.41) is 10.8. The number of nitrogens with zero attached hydrogens (tertiary/aromatic N) is 1. The average Bonchev–Trinajstić information content (AvgIpc) is 2.48. The summed E-state index contributed by atoms with van der Waals surface area (Å²) < 4.78 is 11.3. The fraction of sp³-hybridized carbons (Fsp3) is 0.625. The lowest BCUT2D eigenvalue weighted by Crippen LogP contribution is -2.03. The largest absolute Gasteiger partial charge is 0.490 e. The SMILES string of the molecule is CCCCCOc1c[c]c([N+](=O)[O-])cc1OCCCCC. The van der Waals surface area contributed by atoms with Crippen molar-refractivity contribution in [2.24, 2.45) is 0 Å². The molecule has 5 heteroatoms. The van der Waals surface area contributed by atoms with E-state index in [1.54, 1.807) is 0 Å². The van der Waals surface area contributed by atoms with Gasteiger partial charge in [0, 0.05) is 0 Å². The molecule has 0 heterocycles. The molecule has 0 saturated heterocycles. The maximum Gasteiger partial charge on any atom is 0.281 e. The molecular weight excluding hydrogens is 270 g/mol. The van der Waals surface area contributed by atoms with Gasteiger partial charge >= 0.3 is 0 Å². The molecule has 0 aliphatic heterocycles. The van der Waals surface area contributed by atoms with Crippen molar-refractivity contribution in [3.05, 3.63) is 28.3 Å². The van der Waals surface area contributed by atoms with E-state index in [2.05, 4.69) is 19.9 Å². The third kappa shape index (κ3) is 6.47. The summed E-state index contributed by atoms with van der Waals surface area (Å²) in [6, 6.07) is 5.50. The quantitative estimate of drug-likeness (QED) is 0.341. The van der Waals surface area contributed by atoms with Crippen LogP contribution < -0.4 is 9.47 Å². The molecule has 1 rings (SSSR count). The normalized spacial score (nSPS) is 10.4. The fourth-order valence-corrected chi connectivity index (χ4v) is 1.85. The molecule has 0 aliphatic rings. The number of nitro benzene ring substituents is 1. The molecule has 1 aromatic carbocycles. The highest BCUT2D eigenvalue weighted by Gasteiger charge is 2.13. The lowest BCUT2D eigenvalue weighted by Gasteiger charge is -2.12. The van der Waals surface area contributed by atoms with E-state index in [4.69, 9.17) is 9.47 Å². The first-order valence-electron chi connectivity index (χ1n) is 7.64. The van der Waals surface area contributed by atoms with Gasteiger partial charge in [0.05, 0.1) is 30.3 Å². The highest BCUT2D eigenvalue weighted by atomic mass is 16.6. The number of non-ortho nitro benzene ring substituents is 1. The lowest BCUT2D eigenvalue weighted by atomic mass is 10.2. The van der Waals surface area contributed by atoms with Crippen LogP contribution in [0.15, 0.2) is 12.1 Å². The molecule has 0 spiro atoms. The minimum Gasteiger partial charge on any atom is -0.490 e. The first kappa shape index (κ1) is 17.3. The van der Waals surface area contributed by atoms with Crippen molar-refractivity contribution in [3.63, 3.8) is 0 Å². The van der Waals surface area contributed by atoms with Crippen LogP contribution in [0.4, 0.5) is 5.69 Å². The van der Waals surface area contributed by atoms with E-state index < -0.39 is 4.92 Å². The van der Waals surface area contributed by atoms with Gasteiger partial charge in [-0.05, 0) is 18.9 Å². The summed E-state index contributed by atoms with van der Waals surface area (Å²) in [5.41, 5.74) is -0.0959. The molecule has 5 nitrogen and oxygen atoms in total. The number of hydrogen-bond acceptors (Lipinski definition) is 4. The number of benzene rings is 1. The van der Waals surface area contributed by atoms with Gasteiger partial charge in [-0.1, -0.05) is 39.5 Å². The van der Waals surface area contributed by atoms with Crippen LogP contribution in [0, 0.1) is 16.2 Å². The third-order valence-corrected chi connectivity index (χ3v) is 3.07. The van der Waals surface area contributed by atoms with Gasteiger partial charge in [-0.25, -0.2) is 0 Å². The van der Waals surface area contributed by atoms with Crippen LogP contribution in [-0.2, 0) is 0 Å². The van der Waals surface area contributed by atoms with Gasteiger partial charge in [-0.15, -0.1) is 0 Å². The van der Waals surface area contributed by atoms with Crippen LogP contribution in [0.5, 0.6) is 11.5 Å². The Kier molecular flexibility index (Phi) is 8.24. The molecule has 0 unspecified atom stereocenters. The molecule has 0 bridgehead atoms. The summed E-state index contributed by atoms with van der Waals surface area (Å²) in [7, 11) is 0. The van der Waals surface area contributed by atoms with Gasteiger partial charge in [0.2, 0.25) is 0 Å². The van der Waals surface area contributed by atoms with Crippen LogP contribution >= 0.6 is 0 Å². The zero-order chi connectivity index (χ0) is 15.5. The topological polar surface area (TPSA) is 61.6 Å². The Morgan fingerprint density at radius 1 is 1.05 bits per heavy atom. The Morgan fingerprint density at radius 2 is 1.62 bits per heavy atom. The monoisotopic (exact) mass is 294 g/mol. The summed E-state index contributed by atoms with van der Waals surface area (Å²) in [6.45, 7) is 5.37. The van der Waals surface area contributed by atoms with Gasteiger partial charge in [0.25, 0.3) is 5.69 Å². The first-order chi connectivity index (χ1) is 10.2. The van der Waals surface area contributed by atoms with Crippen molar-refractivity contribution in [2.75, 3.05) is 13.2 Å². The second kappa shape index (κ2) is 10.0. The van der Waals surface area contributed by atoms with Crippen LogP contribution in [0.1, 0.15) is 52.4 Å². The minimum absolute atomic E-state index is 0.0959. The molecule has 0 fully saturated rings. The van der Waals surface area contributed by atoms with Crippen molar-refractivity contribution in [2.45, 2.75) is 52.4 Å². The van der Waals surface area contributed by atoms with Crippen LogP contribution in [-0.4, -0.2) is 18.1 Å². The Bertz CT molecular complexity index is 434. The Morgan fingerprint density at radius 3 is 2.14 bits per heavy atom. The van der Waals surface area contributed by atoms with Crippen molar-refractivity contribution >= 4 is 5.69 Å². The molecule has 0 saturated carbocycles. The zero-order valence-electron chi connectivity index (χ0n) is 12.9. The predicted octanol–water partition coefficient (Wildman–Crippen LogP) is 4.53. The molecule has 0 atom stereocenters. The van der Waals surface area contributed by atoms with Crippen LogP contribution in [0.2, 0.25) is 0 Å². The fourth-order valence-electron chi connectivity index (χ4n) is 1.85. The maximum atomic E-state index is 10.8. The number of hydrogen-bond donors (Lipinski definition) is 0. The molecule has 0 aliphatic carbocycles. The van der Waals surface area contributed by atoms with Crippen molar-refractivity contribution in [1.82, 2.24) is 0 Å². The summed E-state index contributed by atoms with van der Waals surface area (Å²) in [4.78, 5) is 10.3. The van der Waals surface area contributed by atoms with E-state index in [-0.39, 0.29) is 5.69 Å². The lowest BCUT2D eigenvalue weighted by molar-refractivity contribution is -0.385. The molecule has 0 aromatic heterocycles. The molecule has 117 valence electrons. The van der Waals surface area contributed by atoms with Gasteiger partial charge in [-0.3, -0.25) is 10.1 Å². The molecular formula is C16H24NO4. The summed E-state index contributed by atoms with van der Waals surface area (Å²) >= 11 is 0. The van der Waals surface area contributed by atoms with Crippen molar-refractivity contribution in [1.29, 1.82) is 0 Å². The molecule has 21 heavy (non-hydrogen) atoms. The van der Waals surface area contributed by atoms with Crippen LogP contribution in [0.25, 0.3) is 0 Å². The van der Waals surface area contributed by atoms with E-state index in [0.717, 1.165) is 38.5 Å². The second-order valence-electron chi connectivity index (χ2n) is 4.92. The molecule has 1 radical (unpaired) electrons. The average molecular weight is 294 g/mol. The maximum absolute atomic E-state index is 10.8. The molecule has 0 amide bonds.